The summed E-state index contributed by atoms with van der Waals surface area (Å²) in [6.45, 7) is 0. The average Bonchev–Trinajstić information content (AvgIpc) is 4.03. The lowest BCUT2D eigenvalue weighted by atomic mass is 9.89. The molecule has 0 N–H and O–H groups in total. The van der Waals surface area contributed by atoms with E-state index < -0.39 is 0 Å². The van der Waals surface area contributed by atoms with Crippen LogP contribution in [0.1, 0.15) is 11.5 Å². The normalized spacial score (nSPS) is 16.1. The maximum atomic E-state index is 6.93. The van der Waals surface area contributed by atoms with Gasteiger partial charge in [0.2, 0.25) is 0 Å². The summed E-state index contributed by atoms with van der Waals surface area (Å²) in [5.41, 5.74) is 15.2. The van der Waals surface area contributed by atoms with Crippen molar-refractivity contribution in [2.24, 2.45) is 0 Å². The zero-order chi connectivity index (χ0) is 37.9. The minimum Gasteiger partial charge on any atom is -0.456 e. The number of aromatic nitrogens is 1. The van der Waals surface area contributed by atoms with E-state index in [2.05, 4.69) is 191 Å². The summed E-state index contributed by atoms with van der Waals surface area (Å²) >= 11 is 0. The summed E-state index contributed by atoms with van der Waals surface area (Å²) < 4.78 is 15.6. The van der Waals surface area contributed by atoms with Gasteiger partial charge < -0.3 is 18.3 Å². The van der Waals surface area contributed by atoms with E-state index in [-0.39, 0.29) is 12.0 Å². The van der Waals surface area contributed by atoms with Gasteiger partial charge in [-0.3, -0.25) is 0 Å². The SMILES string of the molecule is C1=CC2c3cc(-c4cc(-c5ccc6c(c5)c5ccccc5n6-c5ccccc5)cc5c4oc4cc6oc7ccccc7c6cc45)ccc3N(c3ccccc3)C2C=C1. The van der Waals surface area contributed by atoms with E-state index in [0.717, 1.165) is 71.8 Å². The molecule has 2 aliphatic rings. The van der Waals surface area contributed by atoms with Crippen LogP contribution in [-0.2, 0) is 0 Å². The second kappa shape index (κ2) is 12.0. The molecule has 0 radical (unpaired) electrons. The van der Waals surface area contributed by atoms with E-state index >= 15 is 0 Å². The average molecular weight is 743 g/mol. The van der Waals surface area contributed by atoms with Gasteiger partial charge >= 0.3 is 0 Å². The molecule has 272 valence electrons. The zero-order valence-corrected chi connectivity index (χ0v) is 31.3. The van der Waals surface area contributed by atoms with Crippen LogP contribution in [0.2, 0.25) is 0 Å². The Labute approximate surface area is 333 Å². The Morgan fingerprint density at radius 2 is 1.10 bits per heavy atom. The van der Waals surface area contributed by atoms with Crippen LogP contribution in [0, 0.1) is 0 Å². The molecule has 4 nitrogen and oxygen atoms in total. The van der Waals surface area contributed by atoms with Gasteiger partial charge in [0.15, 0.2) is 0 Å². The van der Waals surface area contributed by atoms with Crippen molar-refractivity contribution in [3.05, 3.63) is 200 Å². The predicted octanol–water partition coefficient (Wildman–Crippen LogP) is 14.6. The van der Waals surface area contributed by atoms with Crippen LogP contribution in [0.4, 0.5) is 11.4 Å². The van der Waals surface area contributed by atoms with Crippen molar-refractivity contribution in [2.75, 3.05) is 4.90 Å². The molecule has 0 amide bonds. The molecule has 0 saturated carbocycles. The molecule has 4 heteroatoms. The molecule has 13 rings (SSSR count). The summed E-state index contributed by atoms with van der Waals surface area (Å²) in [5.74, 6) is 0.235. The summed E-state index contributed by atoms with van der Waals surface area (Å²) in [6, 6.07) is 61.5. The lowest BCUT2D eigenvalue weighted by Gasteiger charge is -2.28. The topological polar surface area (TPSA) is 34.5 Å². The summed E-state index contributed by atoms with van der Waals surface area (Å²) in [6.07, 6.45) is 9.05. The highest BCUT2D eigenvalue weighted by atomic mass is 16.3. The second-order valence-corrected chi connectivity index (χ2v) is 15.6. The first kappa shape index (κ1) is 31.6. The van der Waals surface area contributed by atoms with Crippen LogP contribution in [0.5, 0.6) is 0 Å². The van der Waals surface area contributed by atoms with Crippen LogP contribution in [-0.4, -0.2) is 10.6 Å². The van der Waals surface area contributed by atoms with Gasteiger partial charge in [-0.05, 0) is 101 Å². The number of furan rings is 2. The molecule has 2 atom stereocenters. The van der Waals surface area contributed by atoms with E-state index in [9.17, 15) is 0 Å². The van der Waals surface area contributed by atoms with Crippen molar-refractivity contribution >= 4 is 77.1 Å². The lowest BCUT2D eigenvalue weighted by molar-refractivity contribution is 0.656. The quantitative estimate of drug-likeness (QED) is 0.180. The Morgan fingerprint density at radius 3 is 1.98 bits per heavy atom. The van der Waals surface area contributed by atoms with Crippen molar-refractivity contribution in [1.29, 1.82) is 0 Å². The van der Waals surface area contributed by atoms with Gasteiger partial charge in [0, 0.05) is 66.9 Å². The highest BCUT2D eigenvalue weighted by Gasteiger charge is 2.37. The molecule has 3 aromatic heterocycles. The molecule has 4 heterocycles. The maximum Gasteiger partial charge on any atom is 0.143 e. The molecular weight excluding hydrogens is 709 g/mol. The van der Waals surface area contributed by atoms with E-state index in [1.165, 1.54) is 38.7 Å². The minimum absolute atomic E-state index is 0.213. The number of fused-ring (bicyclic) bond motifs is 12. The fourth-order valence-corrected chi connectivity index (χ4v) is 9.88. The first-order chi connectivity index (χ1) is 28.7. The van der Waals surface area contributed by atoms with E-state index in [1.807, 2.05) is 12.1 Å². The molecule has 8 aromatic carbocycles. The van der Waals surface area contributed by atoms with Crippen LogP contribution < -0.4 is 4.90 Å². The number of para-hydroxylation sites is 4. The van der Waals surface area contributed by atoms with E-state index in [0.29, 0.717) is 0 Å². The monoisotopic (exact) mass is 742 g/mol. The molecule has 0 saturated heterocycles. The van der Waals surface area contributed by atoms with E-state index in [1.54, 1.807) is 0 Å². The van der Waals surface area contributed by atoms with Crippen molar-refractivity contribution in [2.45, 2.75) is 12.0 Å². The van der Waals surface area contributed by atoms with E-state index in [4.69, 9.17) is 8.83 Å². The highest BCUT2D eigenvalue weighted by molar-refractivity contribution is 6.18. The first-order valence-corrected chi connectivity index (χ1v) is 20.0. The van der Waals surface area contributed by atoms with Crippen LogP contribution in [0.15, 0.2) is 203 Å². The summed E-state index contributed by atoms with van der Waals surface area (Å²) in [4.78, 5) is 2.48. The third kappa shape index (κ3) is 4.51. The Hall–Kier alpha value is -7.56. The number of nitrogens with zero attached hydrogens (tertiary/aromatic N) is 2. The van der Waals surface area contributed by atoms with Gasteiger partial charge in [0.25, 0.3) is 0 Å². The Balaban J connectivity index is 1.06. The summed E-state index contributed by atoms with van der Waals surface area (Å²) in [7, 11) is 0. The molecular formula is C54H34N2O2. The molecule has 1 aliphatic heterocycles. The Kier molecular flexibility index (Phi) is 6.53. The number of hydrogen-bond donors (Lipinski definition) is 0. The van der Waals surface area contributed by atoms with Gasteiger partial charge in [0.05, 0.1) is 17.1 Å². The fourth-order valence-electron chi connectivity index (χ4n) is 9.88. The third-order valence-electron chi connectivity index (χ3n) is 12.5. The fraction of sp³-hybridized carbons (Fsp3) is 0.0370. The zero-order valence-electron chi connectivity index (χ0n) is 31.3. The number of benzene rings is 8. The largest absolute Gasteiger partial charge is 0.456 e. The molecule has 2 unspecified atom stereocenters. The Morgan fingerprint density at radius 1 is 0.414 bits per heavy atom. The van der Waals surface area contributed by atoms with Crippen LogP contribution >= 0.6 is 0 Å². The van der Waals surface area contributed by atoms with Crippen LogP contribution in [0.25, 0.3) is 93.6 Å². The van der Waals surface area contributed by atoms with Gasteiger partial charge in [-0.2, -0.15) is 0 Å². The summed E-state index contributed by atoms with van der Waals surface area (Å²) in [5, 5.41) is 6.83. The van der Waals surface area contributed by atoms with Gasteiger partial charge in [0.1, 0.15) is 22.3 Å². The maximum absolute atomic E-state index is 6.93. The first-order valence-electron chi connectivity index (χ1n) is 20.0. The standard InChI is InChI=1S/C54H34N2O2/c1-3-13-36(14-4-1)55-47-20-10-7-17-38(47)42-27-33(23-25-49(42)55)35-29-41(54-46(30-35)45-31-44-40-19-9-12-22-51(40)57-52(44)32-53(45)58-54)34-24-26-50-43(28-34)39-18-8-11-21-48(39)56(50)37-15-5-2-6-16-37/h1-32,39,48H. The van der Waals surface area contributed by atoms with Crippen molar-refractivity contribution < 1.29 is 8.83 Å². The molecule has 58 heavy (non-hydrogen) atoms. The highest BCUT2D eigenvalue weighted by Crippen LogP contribution is 2.50. The van der Waals surface area contributed by atoms with Crippen molar-refractivity contribution in [1.82, 2.24) is 4.57 Å². The van der Waals surface area contributed by atoms with Crippen LogP contribution in [0.3, 0.4) is 0 Å². The van der Waals surface area contributed by atoms with Gasteiger partial charge in [-0.1, -0.05) is 109 Å². The second-order valence-electron chi connectivity index (χ2n) is 15.6. The molecule has 1 aliphatic carbocycles. The minimum atomic E-state index is 0.213. The van der Waals surface area contributed by atoms with Gasteiger partial charge in [-0.15, -0.1) is 0 Å². The Bertz CT molecular complexity index is 3530. The number of anilines is 2. The lowest BCUT2D eigenvalue weighted by Crippen LogP contribution is -2.28. The molecule has 0 bridgehead atoms. The molecule has 11 aromatic rings. The smallest absolute Gasteiger partial charge is 0.143 e. The molecule has 0 spiro atoms. The third-order valence-corrected chi connectivity index (χ3v) is 12.5. The number of allylic oxidation sites excluding steroid dienone is 2. The number of rotatable bonds is 4. The van der Waals surface area contributed by atoms with Crippen molar-refractivity contribution in [3.63, 3.8) is 0 Å². The van der Waals surface area contributed by atoms with Crippen molar-refractivity contribution in [3.8, 4) is 27.9 Å². The van der Waals surface area contributed by atoms with Gasteiger partial charge in [-0.25, -0.2) is 0 Å². The number of hydrogen-bond acceptors (Lipinski definition) is 3. The molecule has 0 fully saturated rings. The predicted molar refractivity (Wildman–Crippen MR) is 240 cm³/mol.